The number of benzene rings is 2. The Morgan fingerprint density at radius 2 is 1.36 bits per heavy atom. The molecule has 0 aliphatic rings. The molecule has 2 aromatic rings. The number of anilines is 1. The van der Waals surface area contributed by atoms with Gasteiger partial charge in [0.1, 0.15) is 0 Å². The first kappa shape index (κ1) is 19.3. The third-order valence-corrected chi connectivity index (χ3v) is 6.63. The topological polar surface area (TPSA) is 80.3 Å². The van der Waals surface area contributed by atoms with E-state index in [-0.39, 0.29) is 10.6 Å². The molecule has 0 amide bonds. The van der Waals surface area contributed by atoms with Gasteiger partial charge in [-0.25, -0.2) is 16.8 Å². The molecular formula is C16H17F2NO4S2. The number of sulfone groups is 1. The molecule has 2 aromatic carbocycles. The molecule has 0 aromatic heterocycles. The van der Waals surface area contributed by atoms with E-state index in [2.05, 4.69) is 4.72 Å². The summed E-state index contributed by atoms with van der Waals surface area (Å²) in [5, 5.41) is 0. The Kier molecular flexibility index (Phi) is 5.19. The van der Waals surface area contributed by atoms with Crippen LogP contribution in [0.15, 0.2) is 46.2 Å². The molecule has 25 heavy (non-hydrogen) atoms. The smallest absolute Gasteiger partial charge is 0.280 e. The fourth-order valence-electron chi connectivity index (χ4n) is 2.61. The van der Waals surface area contributed by atoms with E-state index < -0.39 is 30.5 Å². The van der Waals surface area contributed by atoms with Crippen LogP contribution in [-0.2, 0) is 19.9 Å². The zero-order valence-electron chi connectivity index (χ0n) is 13.7. The van der Waals surface area contributed by atoms with Crippen molar-refractivity contribution in [2.24, 2.45) is 0 Å². The predicted molar refractivity (Wildman–Crippen MR) is 91.1 cm³/mol. The van der Waals surface area contributed by atoms with Crippen molar-refractivity contribution in [3.63, 3.8) is 0 Å². The summed E-state index contributed by atoms with van der Waals surface area (Å²) in [6, 6.07) is 7.61. The SMILES string of the molecule is Cc1cc(C)c(S(=O)(=O)Nc2ccc(S(=O)(=O)C(F)F)cc2)c(C)c1. The molecule has 5 nitrogen and oxygen atoms in total. The van der Waals surface area contributed by atoms with E-state index in [1.807, 2.05) is 6.92 Å². The van der Waals surface area contributed by atoms with Crippen LogP contribution >= 0.6 is 0 Å². The minimum Gasteiger partial charge on any atom is -0.280 e. The van der Waals surface area contributed by atoms with E-state index >= 15 is 0 Å². The normalized spacial score (nSPS) is 12.4. The maximum atomic E-state index is 12.6. The third kappa shape index (κ3) is 3.98. The Bertz CT molecular complexity index is 976. The molecule has 0 bridgehead atoms. The predicted octanol–water partition coefficient (Wildman–Crippen LogP) is 3.41. The number of halogens is 2. The van der Waals surface area contributed by atoms with Gasteiger partial charge in [0, 0.05) is 5.69 Å². The molecule has 2 rings (SSSR count). The van der Waals surface area contributed by atoms with Crippen molar-refractivity contribution in [3.05, 3.63) is 53.1 Å². The zero-order chi connectivity index (χ0) is 19.0. The number of alkyl halides is 2. The number of nitrogens with one attached hydrogen (secondary N) is 1. The second kappa shape index (κ2) is 6.72. The lowest BCUT2D eigenvalue weighted by atomic mass is 10.1. The van der Waals surface area contributed by atoms with Crippen LogP contribution in [0.3, 0.4) is 0 Å². The van der Waals surface area contributed by atoms with Gasteiger partial charge in [-0.2, -0.15) is 8.78 Å². The monoisotopic (exact) mass is 389 g/mol. The third-order valence-electron chi connectivity index (χ3n) is 3.54. The van der Waals surface area contributed by atoms with Crippen LogP contribution < -0.4 is 4.72 Å². The maximum absolute atomic E-state index is 12.6. The second-order valence-electron chi connectivity index (χ2n) is 5.66. The van der Waals surface area contributed by atoms with E-state index in [9.17, 15) is 25.6 Å². The second-order valence-corrected chi connectivity index (χ2v) is 9.20. The van der Waals surface area contributed by atoms with E-state index in [1.54, 1.807) is 26.0 Å². The minimum absolute atomic E-state index is 0.0765. The lowest BCUT2D eigenvalue weighted by Gasteiger charge is -2.14. The summed E-state index contributed by atoms with van der Waals surface area (Å²) in [7, 11) is -8.62. The van der Waals surface area contributed by atoms with Gasteiger partial charge in [0.25, 0.3) is 10.0 Å². The Balaban J connectivity index is 2.37. The van der Waals surface area contributed by atoms with Crippen LogP contribution in [-0.4, -0.2) is 22.6 Å². The summed E-state index contributed by atoms with van der Waals surface area (Å²) in [6.07, 6.45) is 0. The largest absolute Gasteiger partial charge is 0.341 e. The van der Waals surface area contributed by atoms with Gasteiger partial charge in [-0.3, -0.25) is 4.72 Å². The summed E-state index contributed by atoms with van der Waals surface area (Å²) < 4.78 is 75.3. The first-order chi connectivity index (χ1) is 11.4. The van der Waals surface area contributed by atoms with Gasteiger partial charge in [0.05, 0.1) is 9.79 Å². The molecule has 0 saturated heterocycles. The molecule has 0 unspecified atom stereocenters. The number of rotatable bonds is 5. The highest BCUT2D eigenvalue weighted by atomic mass is 32.2. The molecule has 0 fully saturated rings. The summed E-state index contributed by atoms with van der Waals surface area (Å²) >= 11 is 0. The van der Waals surface area contributed by atoms with Crippen molar-refractivity contribution in [1.29, 1.82) is 0 Å². The van der Waals surface area contributed by atoms with Gasteiger partial charge in [-0.1, -0.05) is 17.7 Å². The highest BCUT2D eigenvalue weighted by Crippen LogP contribution is 2.25. The fraction of sp³-hybridized carbons (Fsp3) is 0.250. The molecule has 0 heterocycles. The Morgan fingerprint density at radius 3 is 1.80 bits per heavy atom. The van der Waals surface area contributed by atoms with Gasteiger partial charge in [0.2, 0.25) is 9.84 Å². The summed E-state index contributed by atoms with van der Waals surface area (Å²) in [4.78, 5) is -0.449. The summed E-state index contributed by atoms with van der Waals surface area (Å²) in [5.74, 6) is -3.53. The van der Waals surface area contributed by atoms with Gasteiger partial charge in [-0.15, -0.1) is 0 Å². The highest BCUT2D eigenvalue weighted by molar-refractivity contribution is 7.93. The van der Waals surface area contributed by atoms with Crippen LogP contribution in [0, 0.1) is 20.8 Å². The van der Waals surface area contributed by atoms with Crippen LogP contribution in [0.4, 0.5) is 14.5 Å². The molecule has 0 radical (unpaired) electrons. The van der Waals surface area contributed by atoms with Crippen molar-refractivity contribution in [2.45, 2.75) is 36.3 Å². The zero-order valence-corrected chi connectivity index (χ0v) is 15.4. The Labute approximate surface area is 145 Å². The molecule has 0 saturated carbocycles. The van der Waals surface area contributed by atoms with Crippen LogP contribution in [0.25, 0.3) is 0 Å². The molecule has 9 heteroatoms. The number of aryl methyl sites for hydroxylation is 3. The van der Waals surface area contributed by atoms with Gasteiger partial charge in [0.15, 0.2) is 0 Å². The van der Waals surface area contributed by atoms with E-state index in [0.29, 0.717) is 11.1 Å². The minimum atomic E-state index is -4.72. The molecule has 0 spiro atoms. The van der Waals surface area contributed by atoms with Crippen molar-refractivity contribution < 1.29 is 25.6 Å². The van der Waals surface area contributed by atoms with E-state index in [1.165, 1.54) is 0 Å². The molecule has 0 aliphatic heterocycles. The van der Waals surface area contributed by atoms with Crippen molar-refractivity contribution >= 4 is 25.5 Å². The van der Waals surface area contributed by atoms with Crippen molar-refractivity contribution in [1.82, 2.24) is 0 Å². The molecule has 136 valence electrons. The lowest BCUT2D eigenvalue weighted by Crippen LogP contribution is -2.16. The molecule has 1 N–H and O–H groups in total. The molecule has 0 aliphatic carbocycles. The van der Waals surface area contributed by atoms with Gasteiger partial charge >= 0.3 is 5.76 Å². The standard InChI is InChI=1S/C16H17F2NO4S2/c1-10-8-11(2)15(12(3)9-10)25(22,23)19-13-4-6-14(7-5-13)24(20,21)16(17)18/h4-9,16,19H,1-3H3. The number of hydrogen-bond acceptors (Lipinski definition) is 4. The maximum Gasteiger partial charge on any atom is 0.341 e. The van der Waals surface area contributed by atoms with Crippen molar-refractivity contribution in [2.75, 3.05) is 4.72 Å². The number of hydrogen-bond donors (Lipinski definition) is 1. The first-order valence-corrected chi connectivity index (χ1v) is 10.2. The average Bonchev–Trinajstić information content (AvgIpc) is 2.45. The molecular weight excluding hydrogens is 372 g/mol. The fourth-order valence-corrected chi connectivity index (χ4v) is 4.85. The Hall–Kier alpha value is -2.00. The summed E-state index contributed by atoms with van der Waals surface area (Å²) in [5.41, 5.74) is 2.15. The van der Waals surface area contributed by atoms with Crippen LogP contribution in [0.2, 0.25) is 0 Å². The van der Waals surface area contributed by atoms with Crippen LogP contribution in [0.1, 0.15) is 16.7 Å². The van der Waals surface area contributed by atoms with Gasteiger partial charge in [-0.05, 0) is 56.2 Å². The molecule has 0 atom stereocenters. The van der Waals surface area contributed by atoms with E-state index in [4.69, 9.17) is 0 Å². The quantitative estimate of drug-likeness (QED) is 0.850. The van der Waals surface area contributed by atoms with Crippen molar-refractivity contribution in [3.8, 4) is 0 Å². The first-order valence-electron chi connectivity index (χ1n) is 7.18. The number of sulfonamides is 1. The lowest BCUT2D eigenvalue weighted by molar-refractivity contribution is 0.234. The average molecular weight is 389 g/mol. The Morgan fingerprint density at radius 1 is 0.880 bits per heavy atom. The summed E-state index contributed by atoms with van der Waals surface area (Å²) in [6.45, 7) is 5.20. The highest BCUT2D eigenvalue weighted by Gasteiger charge is 2.26. The van der Waals surface area contributed by atoms with E-state index in [0.717, 1.165) is 29.8 Å². The van der Waals surface area contributed by atoms with Crippen LogP contribution in [0.5, 0.6) is 0 Å². The van der Waals surface area contributed by atoms with Gasteiger partial charge < -0.3 is 0 Å².